The molecule has 0 amide bonds. The number of benzene rings is 1. The second-order valence-electron chi connectivity index (χ2n) is 4.05. The van der Waals surface area contributed by atoms with Gasteiger partial charge in [0.15, 0.2) is 10.9 Å². The molecule has 1 unspecified atom stereocenters. The van der Waals surface area contributed by atoms with Crippen LogP contribution < -0.4 is 4.74 Å². The van der Waals surface area contributed by atoms with Gasteiger partial charge < -0.3 is 4.74 Å². The fourth-order valence-electron chi connectivity index (χ4n) is 1.59. The van der Waals surface area contributed by atoms with Crippen molar-refractivity contribution in [3.05, 3.63) is 47.1 Å². The van der Waals surface area contributed by atoms with E-state index in [1.165, 1.54) is 11.8 Å². The maximum absolute atomic E-state index is 12.3. The lowest BCUT2D eigenvalue weighted by Crippen LogP contribution is -2.13. The summed E-state index contributed by atoms with van der Waals surface area (Å²) >= 11 is 7.03. The zero-order valence-electron chi connectivity index (χ0n) is 11.0. The number of hydrogen-bond acceptors (Lipinski definition) is 5. The molecule has 1 aromatic carbocycles. The molecule has 6 heteroatoms. The number of Topliss-reactive ketones (excluding diaryl/α,β-unsaturated/α-hetero) is 1. The second-order valence-corrected chi connectivity index (χ2v) is 5.80. The van der Waals surface area contributed by atoms with Crippen molar-refractivity contribution in [3.8, 4) is 5.75 Å². The van der Waals surface area contributed by atoms with Gasteiger partial charge >= 0.3 is 0 Å². The molecule has 0 aliphatic rings. The number of thioether (sulfide) groups is 1. The fourth-order valence-corrected chi connectivity index (χ4v) is 2.53. The molecule has 0 fully saturated rings. The molecule has 0 aliphatic heterocycles. The molecule has 0 radical (unpaired) electrons. The van der Waals surface area contributed by atoms with E-state index in [4.69, 9.17) is 16.3 Å². The van der Waals surface area contributed by atoms with Crippen molar-refractivity contribution < 1.29 is 9.53 Å². The lowest BCUT2D eigenvalue weighted by molar-refractivity contribution is 0.0994. The average molecular weight is 309 g/mol. The number of halogens is 1. The highest BCUT2D eigenvalue weighted by Crippen LogP contribution is 2.24. The van der Waals surface area contributed by atoms with Crippen LogP contribution in [-0.4, -0.2) is 28.3 Å². The van der Waals surface area contributed by atoms with E-state index in [1.807, 2.05) is 6.92 Å². The third-order valence-corrected chi connectivity index (χ3v) is 3.88. The van der Waals surface area contributed by atoms with E-state index in [9.17, 15) is 4.79 Å². The zero-order valence-corrected chi connectivity index (χ0v) is 12.6. The molecule has 0 N–H and O–H groups in total. The van der Waals surface area contributed by atoms with Gasteiger partial charge in [0.2, 0.25) is 0 Å². The molecule has 2 aromatic rings. The Morgan fingerprint density at radius 1 is 1.20 bits per heavy atom. The van der Waals surface area contributed by atoms with Gasteiger partial charge in [-0.25, -0.2) is 0 Å². The molecule has 2 rings (SSSR count). The Balaban J connectivity index is 2.05. The smallest absolute Gasteiger partial charge is 0.175 e. The Morgan fingerprint density at radius 2 is 1.90 bits per heavy atom. The Bertz CT molecular complexity index is 587. The van der Waals surface area contributed by atoms with Gasteiger partial charge in [-0.2, -0.15) is 0 Å². The summed E-state index contributed by atoms with van der Waals surface area (Å²) in [5.41, 5.74) is 0.646. The van der Waals surface area contributed by atoms with Crippen molar-refractivity contribution in [2.24, 2.45) is 0 Å². The van der Waals surface area contributed by atoms with Crippen molar-refractivity contribution in [2.75, 3.05) is 7.11 Å². The number of aromatic nitrogens is 2. The van der Waals surface area contributed by atoms with Crippen LogP contribution in [0.2, 0.25) is 5.15 Å². The molecule has 104 valence electrons. The minimum atomic E-state index is -0.251. The molecule has 1 atom stereocenters. The van der Waals surface area contributed by atoms with Gasteiger partial charge in [-0.15, -0.1) is 10.2 Å². The summed E-state index contributed by atoms with van der Waals surface area (Å²) in [6, 6.07) is 10.5. The van der Waals surface area contributed by atoms with Gasteiger partial charge in [-0.3, -0.25) is 4.79 Å². The second kappa shape index (κ2) is 6.72. The van der Waals surface area contributed by atoms with Crippen LogP contribution >= 0.6 is 23.4 Å². The lowest BCUT2D eigenvalue weighted by Gasteiger charge is -2.09. The Morgan fingerprint density at radius 3 is 2.45 bits per heavy atom. The van der Waals surface area contributed by atoms with Gasteiger partial charge in [-0.1, -0.05) is 23.4 Å². The molecule has 1 heterocycles. The first-order chi connectivity index (χ1) is 9.60. The first kappa shape index (κ1) is 14.8. The van der Waals surface area contributed by atoms with Gasteiger partial charge in [-0.05, 0) is 43.3 Å². The Labute approximate surface area is 126 Å². The van der Waals surface area contributed by atoms with Crippen molar-refractivity contribution >= 4 is 29.1 Å². The number of nitrogens with zero attached hydrogens (tertiary/aromatic N) is 2. The van der Waals surface area contributed by atoms with E-state index < -0.39 is 0 Å². The summed E-state index contributed by atoms with van der Waals surface area (Å²) in [6.45, 7) is 1.84. The van der Waals surface area contributed by atoms with Gasteiger partial charge in [0, 0.05) is 5.56 Å². The summed E-state index contributed by atoms with van der Waals surface area (Å²) in [6.07, 6.45) is 0. The first-order valence-corrected chi connectivity index (χ1v) is 7.20. The molecule has 4 nitrogen and oxygen atoms in total. The van der Waals surface area contributed by atoms with Crippen molar-refractivity contribution in [2.45, 2.75) is 17.2 Å². The maximum Gasteiger partial charge on any atom is 0.175 e. The topological polar surface area (TPSA) is 52.1 Å². The van der Waals surface area contributed by atoms with Crippen molar-refractivity contribution in [1.29, 1.82) is 0 Å². The van der Waals surface area contributed by atoms with E-state index in [0.717, 1.165) is 5.75 Å². The SMILES string of the molecule is COc1ccc(C(=O)C(C)Sc2ccc(Cl)nn2)cc1. The van der Waals surface area contributed by atoms with Crippen LogP contribution in [0.3, 0.4) is 0 Å². The molecule has 0 bridgehead atoms. The van der Waals surface area contributed by atoms with Crippen LogP contribution in [0.15, 0.2) is 41.4 Å². The molecule has 1 aromatic heterocycles. The van der Waals surface area contributed by atoms with E-state index >= 15 is 0 Å². The van der Waals surface area contributed by atoms with Crippen LogP contribution in [0.1, 0.15) is 17.3 Å². The molecular formula is C14H13ClN2O2S. The highest BCUT2D eigenvalue weighted by molar-refractivity contribution is 8.00. The lowest BCUT2D eigenvalue weighted by atomic mass is 10.1. The predicted molar refractivity (Wildman–Crippen MR) is 79.7 cm³/mol. The Kier molecular flexibility index (Phi) is 4.98. The fraction of sp³-hybridized carbons (Fsp3) is 0.214. The van der Waals surface area contributed by atoms with Crippen LogP contribution in [-0.2, 0) is 0 Å². The number of carbonyl (C=O) groups is 1. The van der Waals surface area contributed by atoms with Gasteiger partial charge in [0.25, 0.3) is 0 Å². The molecule has 0 spiro atoms. The zero-order chi connectivity index (χ0) is 14.5. The highest BCUT2D eigenvalue weighted by atomic mass is 35.5. The number of ketones is 1. The normalized spacial score (nSPS) is 11.9. The van der Waals surface area contributed by atoms with Crippen molar-refractivity contribution in [3.63, 3.8) is 0 Å². The van der Waals surface area contributed by atoms with Crippen LogP contribution in [0.4, 0.5) is 0 Å². The number of hydrogen-bond donors (Lipinski definition) is 0. The van der Waals surface area contributed by atoms with Gasteiger partial charge in [0.1, 0.15) is 10.8 Å². The largest absolute Gasteiger partial charge is 0.497 e. The minimum Gasteiger partial charge on any atom is -0.497 e. The van der Waals surface area contributed by atoms with E-state index in [2.05, 4.69) is 10.2 Å². The van der Waals surface area contributed by atoms with E-state index in [0.29, 0.717) is 15.7 Å². The number of rotatable bonds is 5. The van der Waals surface area contributed by atoms with Crippen LogP contribution in [0, 0.1) is 0 Å². The van der Waals surface area contributed by atoms with Gasteiger partial charge in [0.05, 0.1) is 12.4 Å². The monoisotopic (exact) mass is 308 g/mol. The van der Waals surface area contributed by atoms with Crippen LogP contribution in [0.5, 0.6) is 5.75 Å². The summed E-state index contributed by atoms with van der Waals surface area (Å²) < 4.78 is 5.07. The van der Waals surface area contributed by atoms with E-state index in [1.54, 1.807) is 43.5 Å². The highest BCUT2D eigenvalue weighted by Gasteiger charge is 2.17. The maximum atomic E-state index is 12.3. The number of methoxy groups -OCH3 is 1. The summed E-state index contributed by atoms with van der Waals surface area (Å²) in [5.74, 6) is 0.764. The molecular weight excluding hydrogens is 296 g/mol. The summed E-state index contributed by atoms with van der Waals surface area (Å²) in [7, 11) is 1.59. The molecule has 0 aliphatic carbocycles. The average Bonchev–Trinajstić information content (AvgIpc) is 2.49. The van der Waals surface area contributed by atoms with E-state index in [-0.39, 0.29) is 11.0 Å². The standard InChI is InChI=1S/C14H13ClN2O2S/c1-9(20-13-8-7-12(15)16-17-13)14(18)10-3-5-11(19-2)6-4-10/h3-9H,1-2H3. The summed E-state index contributed by atoms with van der Waals surface area (Å²) in [5, 5.41) is 8.44. The van der Waals surface area contributed by atoms with Crippen LogP contribution in [0.25, 0.3) is 0 Å². The molecule has 20 heavy (non-hydrogen) atoms. The number of carbonyl (C=O) groups excluding carboxylic acids is 1. The summed E-state index contributed by atoms with van der Waals surface area (Å²) in [4.78, 5) is 12.3. The predicted octanol–water partition coefficient (Wildman–Crippen LogP) is 3.50. The molecule has 0 saturated heterocycles. The third kappa shape index (κ3) is 3.71. The molecule has 0 saturated carbocycles. The minimum absolute atomic E-state index is 0.0365. The quantitative estimate of drug-likeness (QED) is 0.625. The van der Waals surface area contributed by atoms with Crippen molar-refractivity contribution in [1.82, 2.24) is 10.2 Å². The first-order valence-electron chi connectivity index (χ1n) is 5.94. The third-order valence-electron chi connectivity index (χ3n) is 2.65. The number of ether oxygens (including phenoxy) is 1. The Hall–Kier alpha value is -1.59.